The molecule has 0 aliphatic rings. The van der Waals surface area contributed by atoms with E-state index in [9.17, 15) is 9.18 Å². The average Bonchev–Trinajstić information content (AvgIpc) is 2.36. The van der Waals surface area contributed by atoms with E-state index in [2.05, 4.69) is 0 Å². The number of rotatable bonds is 3. The SMILES string of the molecule is Cc1ccc(Oc2ccc(N)c(C(N)=O)c2)cc1F. The first-order valence-corrected chi connectivity index (χ1v) is 5.60. The Labute approximate surface area is 109 Å². The van der Waals surface area contributed by atoms with Crippen LogP contribution in [0.4, 0.5) is 10.1 Å². The van der Waals surface area contributed by atoms with Crippen LogP contribution in [-0.4, -0.2) is 5.91 Å². The number of hydrogen-bond donors (Lipinski definition) is 2. The third-order valence-corrected chi connectivity index (χ3v) is 2.67. The second-order valence-corrected chi connectivity index (χ2v) is 4.13. The van der Waals surface area contributed by atoms with E-state index in [1.165, 1.54) is 18.2 Å². The highest BCUT2D eigenvalue weighted by Gasteiger charge is 2.08. The smallest absolute Gasteiger partial charge is 0.250 e. The molecular formula is C14H13FN2O2. The van der Waals surface area contributed by atoms with Gasteiger partial charge in [0.05, 0.1) is 5.56 Å². The Kier molecular flexibility index (Phi) is 3.37. The third kappa shape index (κ3) is 2.82. The van der Waals surface area contributed by atoms with Crippen molar-refractivity contribution in [2.45, 2.75) is 6.92 Å². The number of amides is 1. The zero-order valence-corrected chi connectivity index (χ0v) is 10.3. The van der Waals surface area contributed by atoms with E-state index in [-0.39, 0.29) is 17.1 Å². The Morgan fingerprint density at radius 3 is 2.42 bits per heavy atom. The summed E-state index contributed by atoms with van der Waals surface area (Å²) in [4.78, 5) is 11.2. The van der Waals surface area contributed by atoms with Crippen LogP contribution in [0.2, 0.25) is 0 Å². The Hall–Kier alpha value is -2.56. The lowest BCUT2D eigenvalue weighted by Crippen LogP contribution is -2.13. The first kappa shape index (κ1) is 12.9. The van der Waals surface area contributed by atoms with Crippen molar-refractivity contribution in [1.82, 2.24) is 0 Å². The summed E-state index contributed by atoms with van der Waals surface area (Å²) in [6.45, 7) is 1.66. The molecule has 4 N–H and O–H groups in total. The molecule has 2 aromatic carbocycles. The monoisotopic (exact) mass is 260 g/mol. The number of nitrogen functional groups attached to an aromatic ring is 1. The fraction of sp³-hybridized carbons (Fsp3) is 0.0714. The maximum atomic E-state index is 13.4. The van der Waals surface area contributed by atoms with E-state index >= 15 is 0 Å². The molecule has 0 saturated heterocycles. The molecule has 0 radical (unpaired) electrons. The van der Waals surface area contributed by atoms with Crippen molar-refractivity contribution in [2.24, 2.45) is 5.73 Å². The third-order valence-electron chi connectivity index (χ3n) is 2.67. The van der Waals surface area contributed by atoms with Crippen LogP contribution in [-0.2, 0) is 0 Å². The van der Waals surface area contributed by atoms with Gasteiger partial charge in [-0.1, -0.05) is 6.07 Å². The minimum atomic E-state index is -0.641. The standard InChI is InChI=1S/C14H13FN2O2/c1-8-2-3-10(7-12(8)15)19-9-4-5-13(16)11(6-9)14(17)18/h2-7H,16H2,1H3,(H2,17,18). The van der Waals surface area contributed by atoms with Crippen molar-refractivity contribution in [3.05, 3.63) is 53.3 Å². The molecule has 0 bridgehead atoms. The van der Waals surface area contributed by atoms with Crippen molar-refractivity contribution < 1.29 is 13.9 Å². The molecule has 0 aliphatic carbocycles. The van der Waals surface area contributed by atoms with Gasteiger partial charge in [-0.25, -0.2) is 4.39 Å². The van der Waals surface area contributed by atoms with Crippen LogP contribution in [0.1, 0.15) is 15.9 Å². The molecular weight excluding hydrogens is 247 g/mol. The number of nitrogens with two attached hydrogens (primary N) is 2. The summed E-state index contributed by atoms with van der Waals surface area (Å²) >= 11 is 0. The predicted molar refractivity (Wildman–Crippen MR) is 70.6 cm³/mol. The predicted octanol–water partition coefficient (Wildman–Crippen LogP) is 2.61. The zero-order chi connectivity index (χ0) is 14.0. The second kappa shape index (κ2) is 4.97. The van der Waals surface area contributed by atoms with Gasteiger partial charge in [0.15, 0.2) is 0 Å². The highest BCUT2D eigenvalue weighted by molar-refractivity contribution is 5.98. The Morgan fingerprint density at radius 2 is 1.79 bits per heavy atom. The van der Waals surface area contributed by atoms with Gasteiger partial charge >= 0.3 is 0 Å². The van der Waals surface area contributed by atoms with Crippen LogP contribution in [0.25, 0.3) is 0 Å². The van der Waals surface area contributed by atoms with Crippen LogP contribution >= 0.6 is 0 Å². The van der Waals surface area contributed by atoms with E-state index in [1.807, 2.05) is 0 Å². The molecule has 0 atom stereocenters. The topological polar surface area (TPSA) is 78.3 Å². The number of benzene rings is 2. The van der Waals surface area contributed by atoms with E-state index < -0.39 is 5.91 Å². The normalized spacial score (nSPS) is 10.2. The van der Waals surface area contributed by atoms with Crippen LogP contribution in [0.15, 0.2) is 36.4 Å². The summed E-state index contributed by atoms with van der Waals surface area (Å²) in [5.41, 5.74) is 11.8. The van der Waals surface area contributed by atoms with Crippen LogP contribution in [0, 0.1) is 12.7 Å². The summed E-state index contributed by atoms with van der Waals surface area (Å²) in [5.74, 6) is -0.296. The Morgan fingerprint density at radius 1 is 1.16 bits per heavy atom. The maximum absolute atomic E-state index is 13.4. The van der Waals surface area contributed by atoms with Gasteiger partial charge in [0.1, 0.15) is 17.3 Å². The number of anilines is 1. The van der Waals surface area contributed by atoms with Crippen LogP contribution in [0.3, 0.4) is 0 Å². The Balaban J connectivity index is 2.30. The molecule has 0 heterocycles. The maximum Gasteiger partial charge on any atom is 0.250 e. The fourth-order valence-electron chi connectivity index (χ4n) is 1.59. The molecule has 0 aromatic heterocycles. The molecule has 0 fully saturated rings. The van der Waals surface area contributed by atoms with Crippen molar-refractivity contribution in [2.75, 3.05) is 5.73 Å². The lowest BCUT2D eigenvalue weighted by Gasteiger charge is -2.09. The molecule has 0 saturated carbocycles. The minimum absolute atomic E-state index is 0.171. The summed E-state index contributed by atoms with van der Waals surface area (Å²) in [6.07, 6.45) is 0. The first-order valence-electron chi connectivity index (χ1n) is 5.60. The molecule has 0 aliphatic heterocycles. The lowest BCUT2D eigenvalue weighted by atomic mass is 10.1. The average molecular weight is 260 g/mol. The molecule has 98 valence electrons. The van der Waals surface area contributed by atoms with Crippen LogP contribution in [0.5, 0.6) is 11.5 Å². The largest absolute Gasteiger partial charge is 0.457 e. The second-order valence-electron chi connectivity index (χ2n) is 4.13. The summed E-state index contributed by atoms with van der Waals surface area (Å²) in [7, 11) is 0. The van der Waals surface area contributed by atoms with Gasteiger partial charge in [0.25, 0.3) is 5.91 Å². The number of aryl methyl sites for hydroxylation is 1. The Bertz CT molecular complexity index is 641. The van der Waals surface area contributed by atoms with Crippen LogP contribution < -0.4 is 16.2 Å². The van der Waals surface area contributed by atoms with Gasteiger partial charge in [0, 0.05) is 11.8 Å². The number of halogens is 1. The van der Waals surface area contributed by atoms with E-state index in [0.717, 1.165) is 0 Å². The van der Waals surface area contributed by atoms with Crippen molar-refractivity contribution in [1.29, 1.82) is 0 Å². The summed E-state index contributed by atoms with van der Waals surface area (Å²) in [6, 6.07) is 9.04. The fourth-order valence-corrected chi connectivity index (χ4v) is 1.59. The number of primary amides is 1. The molecule has 0 unspecified atom stereocenters. The van der Waals surface area contributed by atoms with Gasteiger partial charge in [0.2, 0.25) is 0 Å². The van der Waals surface area contributed by atoms with Gasteiger partial charge < -0.3 is 16.2 Å². The van der Waals surface area contributed by atoms with E-state index in [1.54, 1.807) is 25.1 Å². The zero-order valence-electron chi connectivity index (χ0n) is 10.3. The quantitative estimate of drug-likeness (QED) is 0.832. The first-order chi connectivity index (χ1) is 8.97. The molecule has 2 rings (SSSR count). The van der Waals surface area contributed by atoms with Gasteiger partial charge in [-0.15, -0.1) is 0 Å². The van der Waals surface area contributed by atoms with E-state index in [4.69, 9.17) is 16.2 Å². The number of carbonyl (C=O) groups is 1. The summed E-state index contributed by atoms with van der Waals surface area (Å²) < 4.78 is 18.8. The van der Waals surface area contributed by atoms with Crippen molar-refractivity contribution in [3.63, 3.8) is 0 Å². The highest BCUT2D eigenvalue weighted by atomic mass is 19.1. The van der Waals surface area contributed by atoms with Crippen molar-refractivity contribution in [3.8, 4) is 11.5 Å². The highest BCUT2D eigenvalue weighted by Crippen LogP contribution is 2.26. The number of carbonyl (C=O) groups excluding carboxylic acids is 1. The number of ether oxygens (including phenoxy) is 1. The minimum Gasteiger partial charge on any atom is -0.457 e. The number of hydrogen-bond acceptors (Lipinski definition) is 3. The summed E-state index contributed by atoms with van der Waals surface area (Å²) in [5, 5.41) is 0. The molecule has 5 heteroatoms. The van der Waals surface area contributed by atoms with Crippen molar-refractivity contribution >= 4 is 11.6 Å². The molecule has 0 spiro atoms. The van der Waals surface area contributed by atoms with E-state index in [0.29, 0.717) is 17.1 Å². The molecule has 1 amide bonds. The van der Waals surface area contributed by atoms with Gasteiger partial charge in [-0.3, -0.25) is 4.79 Å². The van der Waals surface area contributed by atoms with Gasteiger partial charge in [-0.2, -0.15) is 0 Å². The van der Waals surface area contributed by atoms with Gasteiger partial charge in [-0.05, 0) is 36.8 Å². The molecule has 19 heavy (non-hydrogen) atoms. The molecule has 4 nitrogen and oxygen atoms in total. The molecule has 2 aromatic rings. The lowest BCUT2D eigenvalue weighted by molar-refractivity contribution is 0.100.